The summed E-state index contributed by atoms with van der Waals surface area (Å²) >= 11 is 0. The highest BCUT2D eigenvalue weighted by Gasteiger charge is 2.25. The zero-order valence-electron chi connectivity index (χ0n) is 15.6. The van der Waals surface area contributed by atoms with Gasteiger partial charge in [0, 0.05) is 44.3 Å². The minimum Gasteiger partial charge on any atom is -0.353 e. The highest BCUT2D eigenvalue weighted by molar-refractivity contribution is 5.94. The SMILES string of the molecule is Cn1c2c(cc(C(=O)NC3CCCN(c4cnccn4)C3)c1=O)CCCC2. The van der Waals surface area contributed by atoms with Crippen LogP contribution in [0.4, 0.5) is 5.82 Å². The van der Waals surface area contributed by atoms with Gasteiger partial charge in [-0.25, -0.2) is 4.98 Å². The van der Waals surface area contributed by atoms with E-state index < -0.39 is 0 Å². The average Bonchev–Trinajstić information content (AvgIpc) is 2.71. The molecule has 7 nitrogen and oxygen atoms in total. The number of aryl methyl sites for hydroxylation is 1. The Bertz CT molecular complexity index is 893. The molecule has 0 bridgehead atoms. The van der Waals surface area contributed by atoms with Crippen molar-refractivity contribution in [3.8, 4) is 0 Å². The van der Waals surface area contributed by atoms with E-state index in [0.29, 0.717) is 6.54 Å². The van der Waals surface area contributed by atoms with Crippen molar-refractivity contribution in [3.05, 3.63) is 51.8 Å². The summed E-state index contributed by atoms with van der Waals surface area (Å²) in [4.78, 5) is 36.1. The van der Waals surface area contributed by atoms with Gasteiger partial charge in [-0.15, -0.1) is 0 Å². The number of hydrogen-bond donors (Lipinski definition) is 1. The molecule has 1 aliphatic carbocycles. The van der Waals surface area contributed by atoms with E-state index >= 15 is 0 Å². The zero-order valence-corrected chi connectivity index (χ0v) is 15.6. The molecule has 2 aromatic heterocycles. The van der Waals surface area contributed by atoms with Gasteiger partial charge < -0.3 is 14.8 Å². The van der Waals surface area contributed by atoms with Crippen LogP contribution in [-0.2, 0) is 19.9 Å². The van der Waals surface area contributed by atoms with Crippen molar-refractivity contribution < 1.29 is 4.79 Å². The molecule has 27 heavy (non-hydrogen) atoms. The molecule has 1 fully saturated rings. The third-order valence-electron chi connectivity index (χ3n) is 5.61. The maximum Gasteiger partial charge on any atom is 0.263 e. The number of rotatable bonds is 3. The average molecular weight is 367 g/mol. The summed E-state index contributed by atoms with van der Waals surface area (Å²) in [5, 5.41) is 3.07. The summed E-state index contributed by atoms with van der Waals surface area (Å²) in [6, 6.07) is 1.81. The normalized spacial score (nSPS) is 19.4. The largest absolute Gasteiger partial charge is 0.353 e. The smallest absolute Gasteiger partial charge is 0.263 e. The highest BCUT2D eigenvalue weighted by atomic mass is 16.2. The number of aromatic nitrogens is 3. The van der Waals surface area contributed by atoms with Crippen molar-refractivity contribution in [3.63, 3.8) is 0 Å². The van der Waals surface area contributed by atoms with Crippen LogP contribution in [0.1, 0.15) is 47.3 Å². The second kappa shape index (κ2) is 7.50. The van der Waals surface area contributed by atoms with Gasteiger partial charge in [0.1, 0.15) is 11.4 Å². The van der Waals surface area contributed by atoms with Gasteiger partial charge in [0.2, 0.25) is 0 Å². The number of carbonyl (C=O) groups excluding carboxylic acids is 1. The molecule has 1 amide bonds. The molecular formula is C20H25N5O2. The van der Waals surface area contributed by atoms with Gasteiger partial charge in [-0.3, -0.25) is 14.6 Å². The molecule has 2 aliphatic rings. The van der Waals surface area contributed by atoms with Gasteiger partial charge in [0.05, 0.1) is 6.20 Å². The first-order valence-electron chi connectivity index (χ1n) is 9.67. The Morgan fingerprint density at radius 2 is 2.07 bits per heavy atom. The van der Waals surface area contributed by atoms with Crippen LogP contribution >= 0.6 is 0 Å². The number of amides is 1. The van der Waals surface area contributed by atoms with Crippen LogP contribution in [0.2, 0.25) is 0 Å². The molecular weight excluding hydrogens is 342 g/mol. The van der Waals surface area contributed by atoms with Crippen molar-refractivity contribution in [2.24, 2.45) is 7.05 Å². The molecule has 1 aliphatic heterocycles. The lowest BCUT2D eigenvalue weighted by molar-refractivity contribution is 0.0931. The molecule has 1 atom stereocenters. The molecule has 0 spiro atoms. The van der Waals surface area contributed by atoms with Crippen LogP contribution in [0.3, 0.4) is 0 Å². The Hall–Kier alpha value is -2.70. The lowest BCUT2D eigenvalue weighted by atomic mass is 9.94. The second-order valence-corrected chi connectivity index (χ2v) is 7.42. The Labute approximate surface area is 158 Å². The van der Waals surface area contributed by atoms with E-state index in [9.17, 15) is 9.59 Å². The van der Waals surface area contributed by atoms with Crippen LogP contribution in [-0.4, -0.2) is 39.6 Å². The van der Waals surface area contributed by atoms with Crippen molar-refractivity contribution in [2.75, 3.05) is 18.0 Å². The predicted octanol–water partition coefficient (Wildman–Crippen LogP) is 1.45. The Kier molecular flexibility index (Phi) is 4.92. The van der Waals surface area contributed by atoms with Crippen LogP contribution in [0.15, 0.2) is 29.5 Å². The maximum atomic E-state index is 12.8. The highest BCUT2D eigenvalue weighted by Crippen LogP contribution is 2.21. The molecule has 7 heteroatoms. The summed E-state index contributed by atoms with van der Waals surface area (Å²) in [5.74, 6) is 0.552. The number of carbonyl (C=O) groups is 1. The van der Waals surface area contributed by atoms with Gasteiger partial charge >= 0.3 is 0 Å². The molecule has 0 saturated carbocycles. The fourth-order valence-corrected chi connectivity index (χ4v) is 4.17. The maximum absolute atomic E-state index is 12.8. The second-order valence-electron chi connectivity index (χ2n) is 7.42. The van der Waals surface area contributed by atoms with Gasteiger partial charge in [0.25, 0.3) is 11.5 Å². The number of nitrogens with one attached hydrogen (secondary N) is 1. The fourth-order valence-electron chi connectivity index (χ4n) is 4.17. The molecule has 1 saturated heterocycles. The van der Waals surface area contributed by atoms with Crippen molar-refractivity contribution >= 4 is 11.7 Å². The molecule has 2 aromatic rings. The lowest BCUT2D eigenvalue weighted by Crippen LogP contribution is -2.49. The summed E-state index contributed by atoms with van der Waals surface area (Å²) in [7, 11) is 1.78. The Morgan fingerprint density at radius 1 is 1.22 bits per heavy atom. The lowest BCUT2D eigenvalue weighted by Gasteiger charge is -2.33. The van der Waals surface area contributed by atoms with E-state index in [1.807, 2.05) is 6.07 Å². The number of anilines is 1. The van der Waals surface area contributed by atoms with Gasteiger partial charge in [-0.05, 0) is 50.2 Å². The predicted molar refractivity (Wildman–Crippen MR) is 103 cm³/mol. The third-order valence-corrected chi connectivity index (χ3v) is 5.61. The molecule has 0 radical (unpaired) electrons. The Morgan fingerprint density at radius 3 is 2.89 bits per heavy atom. The molecule has 142 valence electrons. The molecule has 4 rings (SSSR count). The molecule has 0 aromatic carbocycles. The summed E-state index contributed by atoms with van der Waals surface area (Å²) in [5.41, 5.74) is 2.28. The quantitative estimate of drug-likeness (QED) is 0.888. The van der Waals surface area contributed by atoms with E-state index in [1.54, 1.807) is 30.2 Å². The molecule has 1 unspecified atom stereocenters. The summed E-state index contributed by atoms with van der Waals surface area (Å²) in [6.45, 7) is 1.57. The minimum atomic E-state index is -0.269. The van der Waals surface area contributed by atoms with Gasteiger partial charge in [-0.2, -0.15) is 0 Å². The number of hydrogen-bond acceptors (Lipinski definition) is 5. The van der Waals surface area contributed by atoms with Crippen LogP contribution in [0.25, 0.3) is 0 Å². The van der Waals surface area contributed by atoms with Gasteiger partial charge in [0.15, 0.2) is 0 Å². The van der Waals surface area contributed by atoms with E-state index in [0.717, 1.165) is 62.1 Å². The van der Waals surface area contributed by atoms with E-state index in [1.165, 1.54) is 0 Å². The van der Waals surface area contributed by atoms with Crippen LogP contribution in [0.5, 0.6) is 0 Å². The summed E-state index contributed by atoms with van der Waals surface area (Å²) < 4.78 is 1.66. The monoisotopic (exact) mass is 367 g/mol. The van der Waals surface area contributed by atoms with E-state index in [-0.39, 0.29) is 23.1 Å². The Balaban J connectivity index is 1.51. The number of fused-ring (bicyclic) bond motifs is 1. The zero-order chi connectivity index (χ0) is 18.8. The van der Waals surface area contributed by atoms with Crippen molar-refractivity contribution in [2.45, 2.75) is 44.6 Å². The molecule has 1 N–H and O–H groups in total. The van der Waals surface area contributed by atoms with Crippen molar-refractivity contribution in [1.29, 1.82) is 0 Å². The fraction of sp³-hybridized carbons (Fsp3) is 0.500. The van der Waals surface area contributed by atoms with Crippen molar-refractivity contribution in [1.82, 2.24) is 19.9 Å². The first-order valence-corrected chi connectivity index (χ1v) is 9.67. The third kappa shape index (κ3) is 3.59. The van der Waals surface area contributed by atoms with Gasteiger partial charge in [-0.1, -0.05) is 0 Å². The molecule has 3 heterocycles. The minimum absolute atomic E-state index is 0.00556. The van der Waals surface area contributed by atoms with E-state index in [4.69, 9.17) is 0 Å². The first kappa shape index (κ1) is 17.7. The number of pyridine rings is 1. The standard InChI is InChI=1S/C20H25N5O2/c1-24-17-7-3-2-5-14(17)11-16(20(24)27)19(26)23-15-6-4-10-25(13-15)18-12-21-8-9-22-18/h8-9,11-12,15H,2-7,10,13H2,1H3,(H,23,26). The first-order chi connectivity index (χ1) is 13.1. The van der Waals surface area contributed by atoms with Crippen LogP contribution in [0, 0.1) is 0 Å². The van der Waals surface area contributed by atoms with E-state index in [2.05, 4.69) is 20.2 Å². The number of nitrogens with zero attached hydrogens (tertiary/aromatic N) is 4. The summed E-state index contributed by atoms with van der Waals surface area (Å²) in [6.07, 6.45) is 11.0. The van der Waals surface area contributed by atoms with Crippen LogP contribution < -0.4 is 15.8 Å². The number of piperidine rings is 1. The topological polar surface area (TPSA) is 80.1 Å².